The number of anilines is 4. The minimum atomic E-state index is -3.20. The van der Waals surface area contributed by atoms with E-state index in [1.165, 1.54) is 0 Å². The molecule has 10 heteroatoms. The lowest BCUT2D eigenvalue weighted by Crippen LogP contribution is -2.09. The summed E-state index contributed by atoms with van der Waals surface area (Å²) in [5.74, 6) is 0. The first-order valence-electron chi connectivity index (χ1n) is 6.61. The van der Waals surface area contributed by atoms with E-state index in [0.717, 1.165) is 12.5 Å². The second kappa shape index (κ2) is 7.88. The predicted octanol–water partition coefficient (Wildman–Crippen LogP) is 1.28. The molecule has 8 nitrogen and oxygen atoms in total. The summed E-state index contributed by atoms with van der Waals surface area (Å²) in [4.78, 5) is 0. The molecule has 2 aromatic rings. The van der Waals surface area contributed by atoms with Crippen LogP contribution >= 0.6 is 0 Å². The van der Waals surface area contributed by atoms with E-state index < -0.39 is 20.0 Å². The summed E-state index contributed by atoms with van der Waals surface area (Å²) in [6.07, 6.45) is 2.19. The Hall–Kier alpha value is -2.46. The molecular weight excluding hydrogens is 352 g/mol. The van der Waals surface area contributed by atoms with Crippen molar-refractivity contribution in [3.63, 3.8) is 0 Å². The molecule has 0 fully saturated rings. The van der Waals surface area contributed by atoms with Crippen molar-refractivity contribution in [2.75, 3.05) is 33.4 Å². The number of hydrogen-bond acceptors (Lipinski definition) is 6. The third-order valence-electron chi connectivity index (χ3n) is 2.38. The predicted molar refractivity (Wildman–Crippen MR) is 98.6 cm³/mol. The zero-order valence-electron chi connectivity index (χ0n) is 13.2. The molecule has 0 atom stereocenters. The summed E-state index contributed by atoms with van der Waals surface area (Å²) in [6.45, 7) is 0. The summed E-state index contributed by atoms with van der Waals surface area (Å²) < 4.78 is 47.7. The Morgan fingerprint density at radius 3 is 1.29 bits per heavy atom. The van der Waals surface area contributed by atoms with Gasteiger partial charge in [0.2, 0.25) is 20.0 Å². The van der Waals surface area contributed by atoms with Gasteiger partial charge in [-0.1, -0.05) is 12.1 Å². The maximum absolute atomic E-state index is 10.8. The van der Waals surface area contributed by atoms with Gasteiger partial charge in [0.25, 0.3) is 0 Å². The fourth-order valence-corrected chi connectivity index (χ4v) is 2.74. The number of nitrogens with two attached hydrogens (primary N) is 2. The molecule has 0 bridgehead atoms. The van der Waals surface area contributed by atoms with E-state index in [1.807, 2.05) is 0 Å². The zero-order valence-corrected chi connectivity index (χ0v) is 14.9. The third kappa shape index (κ3) is 8.86. The van der Waals surface area contributed by atoms with Crippen LogP contribution in [0.1, 0.15) is 0 Å². The highest BCUT2D eigenvalue weighted by Crippen LogP contribution is 2.13. The average molecular weight is 372 g/mol. The number of benzene rings is 2. The number of hydrogen-bond donors (Lipinski definition) is 4. The van der Waals surface area contributed by atoms with Crippen LogP contribution in [-0.4, -0.2) is 29.3 Å². The number of rotatable bonds is 4. The van der Waals surface area contributed by atoms with Gasteiger partial charge in [0, 0.05) is 11.4 Å². The summed E-state index contributed by atoms with van der Waals surface area (Å²) in [5, 5.41) is 0. The molecule has 0 aromatic heterocycles. The molecule has 0 unspecified atom stereocenters. The minimum Gasteiger partial charge on any atom is -0.399 e. The van der Waals surface area contributed by atoms with Gasteiger partial charge in [-0.15, -0.1) is 0 Å². The Balaban J connectivity index is 0.000000240. The molecule has 2 rings (SSSR count). The molecule has 0 saturated heterocycles. The lowest BCUT2D eigenvalue weighted by atomic mass is 10.3. The Kier molecular flexibility index (Phi) is 6.43. The number of sulfonamides is 2. The summed E-state index contributed by atoms with van der Waals surface area (Å²) in [7, 11) is -6.40. The molecular formula is C14H20N4O4S2. The quantitative estimate of drug-likeness (QED) is 0.595. The highest BCUT2D eigenvalue weighted by Gasteiger charge is 2.01. The first kappa shape index (κ1) is 19.6. The maximum atomic E-state index is 10.8. The molecule has 24 heavy (non-hydrogen) atoms. The van der Waals surface area contributed by atoms with Gasteiger partial charge in [0.15, 0.2) is 0 Å². The highest BCUT2D eigenvalue weighted by molar-refractivity contribution is 7.92. The van der Waals surface area contributed by atoms with E-state index in [2.05, 4.69) is 9.44 Å². The van der Waals surface area contributed by atoms with Gasteiger partial charge in [-0.3, -0.25) is 9.44 Å². The van der Waals surface area contributed by atoms with Gasteiger partial charge in [0.05, 0.1) is 23.9 Å². The van der Waals surface area contributed by atoms with Crippen LogP contribution in [0, 0.1) is 0 Å². The summed E-state index contributed by atoms with van der Waals surface area (Å²) >= 11 is 0. The first-order chi connectivity index (χ1) is 10.9. The molecule has 0 heterocycles. The fraction of sp³-hybridized carbons (Fsp3) is 0.143. The van der Waals surface area contributed by atoms with Crippen LogP contribution in [0.4, 0.5) is 22.7 Å². The number of nitrogen functional groups attached to an aromatic ring is 2. The van der Waals surface area contributed by atoms with Crippen molar-refractivity contribution in [3.8, 4) is 0 Å². The summed E-state index contributed by atoms with van der Waals surface area (Å²) in [6, 6.07) is 13.1. The highest BCUT2D eigenvalue weighted by atomic mass is 32.2. The Morgan fingerprint density at radius 2 is 1.04 bits per heavy atom. The first-order valence-corrected chi connectivity index (χ1v) is 10.4. The molecule has 0 amide bonds. The van der Waals surface area contributed by atoms with E-state index in [0.29, 0.717) is 22.7 Å². The lowest BCUT2D eigenvalue weighted by molar-refractivity contribution is 0.605. The molecule has 0 saturated carbocycles. The second-order valence-corrected chi connectivity index (χ2v) is 8.50. The van der Waals surface area contributed by atoms with Crippen LogP contribution in [0.15, 0.2) is 48.5 Å². The van der Waals surface area contributed by atoms with Crippen LogP contribution < -0.4 is 20.9 Å². The molecule has 0 aliphatic heterocycles. The third-order valence-corrected chi connectivity index (χ3v) is 3.59. The maximum Gasteiger partial charge on any atom is 0.229 e. The van der Waals surface area contributed by atoms with E-state index in [-0.39, 0.29) is 0 Å². The van der Waals surface area contributed by atoms with E-state index in [9.17, 15) is 16.8 Å². The standard InChI is InChI=1S/2C7H10N2O2S/c2*1-12(10,11)9-7-4-2-3-6(8)5-7/h2*2-5,9H,8H2,1H3. The second-order valence-electron chi connectivity index (χ2n) is 5.00. The molecule has 2 aromatic carbocycles. The van der Waals surface area contributed by atoms with E-state index in [4.69, 9.17) is 11.5 Å². The normalized spacial score (nSPS) is 11.1. The van der Waals surface area contributed by atoms with Gasteiger partial charge in [-0.05, 0) is 36.4 Å². The molecule has 6 N–H and O–H groups in total. The van der Waals surface area contributed by atoms with Gasteiger partial charge < -0.3 is 11.5 Å². The minimum absolute atomic E-state index is 0.484. The van der Waals surface area contributed by atoms with Gasteiger partial charge in [-0.2, -0.15) is 0 Å². The Morgan fingerprint density at radius 1 is 0.708 bits per heavy atom. The van der Waals surface area contributed by atoms with Crippen LogP contribution in [0.25, 0.3) is 0 Å². The van der Waals surface area contributed by atoms with Crippen LogP contribution in [-0.2, 0) is 20.0 Å². The van der Waals surface area contributed by atoms with Crippen molar-refractivity contribution in [2.24, 2.45) is 0 Å². The SMILES string of the molecule is CS(=O)(=O)Nc1cccc(N)c1.CS(=O)(=O)Nc1cccc(N)c1. The van der Waals surface area contributed by atoms with Crippen LogP contribution in [0.3, 0.4) is 0 Å². The fourth-order valence-electron chi connectivity index (χ4n) is 1.63. The van der Waals surface area contributed by atoms with Crippen molar-refractivity contribution in [3.05, 3.63) is 48.5 Å². The van der Waals surface area contributed by atoms with Gasteiger partial charge in [-0.25, -0.2) is 16.8 Å². The average Bonchev–Trinajstić information content (AvgIpc) is 2.35. The molecule has 132 valence electrons. The largest absolute Gasteiger partial charge is 0.399 e. The number of nitrogens with one attached hydrogen (secondary N) is 2. The lowest BCUT2D eigenvalue weighted by Gasteiger charge is -2.03. The molecule has 0 aliphatic carbocycles. The summed E-state index contributed by atoms with van der Waals surface area (Å²) in [5.41, 5.74) is 12.9. The van der Waals surface area contributed by atoms with E-state index >= 15 is 0 Å². The van der Waals surface area contributed by atoms with Gasteiger partial charge in [0.1, 0.15) is 0 Å². The molecule has 0 aliphatic rings. The Bertz CT molecular complexity index is 821. The van der Waals surface area contributed by atoms with Crippen LogP contribution in [0.2, 0.25) is 0 Å². The van der Waals surface area contributed by atoms with Gasteiger partial charge >= 0.3 is 0 Å². The van der Waals surface area contributed by atoms with E-state index in [1.54, 1.807) is 48.5 Å². The van der Waals surface area contributed by atoms with Crippen molar-refractivity contribution < 1.29 is 16.8 Å². The molecule has 0 spiro atoms. The van der Waals surface area contributed by atoms with Crippen molar-refractivity contribution >= 4 is 42.8 Å². The van der Waals surface area contributed by atoms with Crippen molar-refractivity contribution in [1.82, 2.24) is 0 Å². The smallest absolute Gasteiger partial charge is 0.229 e. The Labute approximate surface area is 142 Å². The monoisotopic (exact) mass is 372 g/mol. The van der Waals surface area contributed by atoms with Crippen LogP contribution in [0.5, 0.6) is 0 Å². The topological polar surface area (TPSA) is 144 Å². The van der Waals surface area contributed by atoms with Crippen molar-refractivity contribution in [2.45, 2.75) is 0 Å². The van der Waals surface area contributed by atoms with Crippen molar-refractivity contribution in [1.29, 1.82) is 0 Å². The zero-order chi connectivity index (χ0) is 18.4. The molecule has 0 radical (unpaired) electrons.